The number of aromatic nitrogens is 2. The van der Waals surface area contributed by atoms with Crippen molar-refractivity contribution in [2.24, 2.45) is 10.8 Å². The van der Waals surface area contributed by atoms with Gasteiger partial charge in [0, 0.05) is 44.7 Å². The number of rotatable bonds is 6. The van der Waals surface area contributed by atoms with E-state index in [1.807, 2.05) is 54.6 Å². The van der Waals surface area contributed by atoms with Crippen molar-refractivity contribution < 1.29 is 0 Å². The first-order valence-corrected chi connectivity index (χ1v) is 17.2. The molecule has 2 aromatic heterocycles. The van der Waals surface area contributed by atoms with Crippen molar-refractivity contribution in [2.75, 3.05) is 0 Å². The van der Waals surface area contributed by atoms with Gasteiger partial charge in [-0.15, -0.1) is 0 Å². The highest BCUT2D eigenvalue weighted by Crippen LogP contribution is 2.40. The zero-order valence-electron chi connectivity index (χ0n) is 27.9. The number of hydrogen-bond donors (Lipinski definition) is 1. The third kappa shape index (κ3) is 5.13. The molecule has 2 heterocycles. The van der Waals surface area contributed by atoms with Crippen LogP contribution in [0.1, 0.15) is 39.4 Å². The van der Waals surface area contributed by atoms with Crippen LogP contribution in [0.2, 0.25) is 0 Å². The number of allylic oxidation sites excluding steroid dienone is 2. The van der Waals surface area contributed by atoms with Crippen molar-refractivity contribution in [3.05, 3.63) is 197 Å². The van der Waals surface area contributed by atoms with E-state index in [0.29, 0.717) is 5.70 Å². The molecule has 0 aliphatic heterocycles. The van der Waals surface area contributed by atoms with Gasteiger partial charge in [0.1, 0.15) is 0 Å². The summed E-state index contributed by atoms with van der Waals surface area (Å²) in [5.41, 5.74) is 19.9. The van der Waals surface area contributed by atoms with Crippen molar-refractivity contribution in [2.45, 2.75) is 19.3 Å². The summed E-state index contributed by atoms with van der Waals surface area (Å²) in [6.45, 7) is 2.14. The first-order valence-electron chi connectivity index (χ1n) is 17.2. The van der Waals surface area contributed by atoms with Crippen LogP contribution in [0.4, 0.5) is 0 Å². The highest BCUT2D eigenvalue weighted by Gasteiger charge is 2.24. The van der Waals surface area contributed by atoms with E-state index in [9.17, 15) is 0 Å². The summed E-state index contributed by atoms with van der Waals surface area (Å²) in [4.78, 5) is 0. The Bertz CT molecular complexity index is 2620. The molecule has 0 saturated heterocycles. The first-order chi connectivity index (χ1) is 24.6. The molecule has 4 heteroatoms. The number of nitrogens with two attached hydrogens (primary N) is 1. The minimum absolute atomic E-state index is 0.224. The zero-order valence-corrected chi connectivity index (χ0v) is 27.9. The fourth-order valence-electron chi connectivity index (χ4n) is 7.47. The molecule has 8 aromatic rings. The molecule has 0 spiro atoms. The van der Waals surface area contributed by atoms with E-state index < -0.39 is 0 Å². The van der Waals surface area contributed by atoms with E-state index in [4.69, 9.17) is 10.8 Å². The second-order valence-corrected chi connectivity index (χ2v) is 13.1. The van der Waals surface area contributed by atoms with Gasteiger partial charge in [0.25, 0.3) is 0 Å². The van der Waals surface area contributed by atoms with Crippen molar-refractivity contribution >= 4 is 50.2 Å². The molecule has 0 amide bonds. The Kier molecular flexibility index (Phi) is 7.28. The van der Waals surface area contributed by atoms with Crippen LogP contribution in [-0.4, -0.2) is 15.0 Å². The summed E-state index contributed by atoms with van der Waals surface area (Å²) < 4.78 is 4.51. The molecule has 2 N–H and O–H groups in total. The largest absolute Gasteiger partial charge is 0.398 e. The SMILES string of the molecule is Cc1ccc(-n2c3c(c4ccccc42)CC(c2ccc4c5ccccc5n(/N=C(\C=C(/N)c5ccccc5)c5ccccc5)c4c2)C=C3)cc1. The molecule has 0 saturated carbocycles. The molecule has 1 aliphatic rings. The monoisotopic (exact) mass is 644 g/mol. The van der Waals surface area contributed by atoms with E-state index in [-0.39, 0.29) is 5.92 Å². The lowest BCUT2D eigenvalue weighted by Crippen LogP contribution is -2.08. The van der Waals surface area contributed by atoms with Gasteiger partial charge >= 0.3 is 0 Å². The first kappa shape index (κ1) is 29.7. The smallest absolute Gasteiger partial charge is 0.0933 e. The molecule has 9 rings (SSSR count). The van der Waals surface area contributed by atoms with Gasteiger partial charge in [-0.05, 0) is 72.5 Å². The van der Waals surface area contributed by atoms with Crippen LogP contribution in [0.5, 0.6) is 0 Å². The third-order valence-corrected chi connectivity index (χ3v) is 10.00. The molecule has 1 atom stereocenters. The molecular formula is C46H36N4. The number of hydrogen-bond acceptors (Lipinski definition) is 2. The average Bonchev–Trinajstić information content (AvgIpc) is 3.67. The normalized spacial score (nSPS) is 14.9. The van der Waals surface area contributed by atoms with Crippen molar-refractivity contribution in [3.8, 4) is 5.69 Å². The Morgan fingerprint density at radius 2 is 1.30 bits per heavy atom. The standard InChI is InChI=1S/C46H36N4/c1-31-20-24-36(25-21-31)49-43-18-10-8-17-38(43)40-28-34(23-27-44(40)49)35-22-26-39-37-16-9-11-19-45(37)50(46(39)29-35)48-42(33-14-6-3-7-15-33)30-41(47)32-12-4-2-5-13-32/h2-27,29-30,34H,28,47H2,1H3/b41-30-,48-42+. The van der Waals surface area contributed by atoms with Crippen LogP contribution in [-0.2, 0) is 6.42 Å². The van der Waals surface area contributed by atoms with Crippen LogP contribution in [0.3, 0.4) is 0 Å². The quantitative estimate of drug-likeness (QED) is 0.180. The van der Waals surface area contributed by atoms with E-state index in [1.54, 1.807) is 0 Å². The Hall–Kier alpha value is -6.39. The number of fused-ring (bicyclic) bond motifs is 6. The lowest BCUT2D eigenvalue weighted by Gasteiger charge is -2.20. The second-order valence-electron chi connectivity index (χ2n) is 13.1. The maximum atomic E-state index is 6.69. The maximum Gasteiger partial charge on any atom is 0.0933 e. The number of para-hydroxylation sites is 2. The van der Waals surface area contributed by atoms with Gasteiger partial charge < -0.3 is 10.3 Å². The van der Waals surface area contributed by atoms with Crippen LogP contribution < -0.4 is 5.73 Å². The Morgan fingerprint density at radius 1 is 0.660 bits per heavy atom. The summed E-state index contributed by atoms with van der Waals surface area (Å²) in [5, 5.41) is 9.04. The second kappa shape index (κ2) is 12.2. The molecule has 4 nitrogen and oxygen atoms in total. The topological polar surface area (TPSA) is 48.2 Å². The van der Waals surface area contributed by atoms with Crippen LogP contribution in [0.15, 0.2) is 169 Å². The zero-order chi connectivity index (χ0) is 33.6. The van der Waals surface area contributed by atoms with Gasteiger partial charge in [-0.2, -0.15) is 5.10 Å². The summed E-state index contributed by atoms with van der Waals surface area (Å²) in [5.74, 6) is 0.224. The molecule has 1 aliphatic carbocycles. The van der Waals surface area contributed by atoms with Gasteiger partial charge in [0.2, 0.25) is 0 Å². The predicted molar refractivity (Wildman–Crippen MR) is 210 cm³/mol. The number of nitrogens with zero attached hydrogens (tertiary/aromatic N) is 3. The third-order valence-electron chi connectivity index (χ3n) is 10.00. The van der Waals surface area contributed by atoms with Crippen molar-refractivity contribution in [3.63, 3.8) is 0 Å². The molecular weight excluding hydrogens is 609 g/mol. The summed E-state index contributed by atoms with van der Waals surface area (Å²) in [7, 11) is 0. The maximum absolute atomic E-state index is 6.69. The van der Waals surface area contributed by atoms with Crippen LogP contribution in [0, 0.1) is 6.92 Å². The fourth-order valence-corrected chi connectivity index (χ4v) is 7.47. The Balaban J connectivity index is 1.19. The number of aryl methyl sites for hydroxylation is 1. The minimum atomic E-state index is 0.224. The summed E-state index contributed by atoms with van der Waals surface area (Å²) >= 11 is 0. The predicted octanol–water partition coefficient (Wildman–Crippen LogP) is 10.7. The highest BCUT2D eigenvalue weighted by atomic mass is 15.3. The van der Waals surface area contributed by atoms with Crippen LogP contribution >= 0.6 is 0 Å². The highest BCUT2D eigenvalue weighted by molar-refractivity contribution is 6.13. The fraction of sp³-hybridized carbons (Fsp3) is 0.0652. The molecule has 0 radical (unpaired) electrons. The Morgan fingerprint density at radius 3 is 2.06 bits per heavy atom. The molecule has 6 aromatic carbocycles. The molecule has 50 heavy (non-hydrogen) atoms. The van der Waals surface area contributed by atoms with E-state index in [1.165, 1.54) is 49.7 Å². The molecule has 240 valence electrons. The van der Waals surface area contributed by atoms with Crippen molar-refractivity contribution in [1.82, 2.24) is 9.24 Å². The van der Waals surface area contributed by atoms with Gasteiger partial charge in [-0.25, -0.2) is 4.68 Å². The van der Waals surface area contributed by atoms with Gasteiger partial charge in [-0.1, -0.05) is 133 Å². The van der Waals surface area contributed by atoms with Crippen LogP contribution in [0.25, 0.3) is 50.2 Å². The van der Waals surface area contributed by atoms with Gasteiger partial charge in [0.15, 0.2) is 0 Å². The van der Waals surface area contributed by atoms with E-state index in [0.717, 1.165) is 34.3 Å². The summed E-state index contributed by atoms with van der Waals surface area (Å²) in [6.07, 6.45) is 7.62. The number of benzene rings is 6. The molecule has 0 bridgehead atoms. The lowest BCUT2D eigenvalue weighted by molar-refractivity contribution is 0.825. The van der Waals surface area contributed by atoms with E-state index in [2.05, 4.69) is 131 Å². The molecule has 1 unspecified atom stereocenters. The van der Waals surface area contributed by atoms with Gasteiger partial charge in [-0.3, -0.25) is 0 Å². The Labute approximate surface area is 291 Å². The van der Waals surface area contributed by atoms with Crippen molar-refractivity contribution in [1.29, 1.82) is 0 Å². The van der Waals surface area contributed by atoms with E-state index >= 15 is 0 Å². The average molecular weight is 645 g/mol. The molecule has 0 fully saturated rings. The summed E-state index contributed by atoms with van der Waals surface area (Å²) in [6, 6.07) is 53.4. The lowest BCUT2D eigenvalue weighted by atomic mass is 9.86. The minimum Gasteiger partial charge on any atom is -0.398 e. The van der Waals surface area contributed by atoms with Gasteiger partial charge in [0.05, 0.1) is 22.3 Å².